The van der Waals surface area contributed by atoms with Crippen LogP contribution in [0.4, 0.5) is 10.5 Å². The Kier molecular flexibility index (Phi) is 4.09. The number of imide groups is 1. The normalized spacial score (nSPS) is 18.0. The van der Waals surface area contributed by atoms with Crippen molar-refractivity contribution in [3.8, 4) is 0 Å². The number of amides is 3. The second kappa shape index (κ2) is 6.05. The lowest BCUT2D eigenvalue weighted by Crippen LogP contribution is -2.33. The Labute approximate surface area is 140 Å². The van der Waals surface area contributed by atoms with Gasteiger partial charge in [0.05, 0.1) is 6.54 Å². The molecule has 1 aliphatic heterocycles. The van der Waals surface area contributed by atoms with E-state index in [-0.39, 0.29) is 18.5 Å². The fraction of sp³-hybridized carbons (Fsp3) is 0.222. The number of hydrogen-bond acceptors (Lipinski definition) is 2. The molecular weight excluding hydrogens is 312 g/mol. The monoisotopic (exact) mass is 328 g/mol. The first-order chi connectivity index (χ1) is 11.0. The van der Waals surface area contributed by atoms with Crippen molar-refractivity contribution in [2.45, 2.75) is 26.4 Å². The Morgan fingerprint density at radius 2 is 1.61 bits per heavy atom. The predicted molar refractivity (Wildman–Crippen MR) is 90.5 cm³/mol. The zero-order chi connectivity index (χ0) is 16.6. The van der Waals surface area contributed by atoms with Gasteiger partial charge in [-0.15, -0.1) is 0 Å². The first-order valence-corrected chi connectivity index (χ1v) is 7.81. The summed E-state index contributed by atoms with van der Waals surface area (Å²) in [6, 6.07) is 13.9. The van der Waals surface area contributed by atoms with Crippen LogP contribution in [0.2, 0.25) is 5.02 Å². The van der Waals surface area contributed by atoms with Crippen LogP contribution in [0.1, 0.15) is 18.1 Å². The summed E-state index contributed by atoms with van der Waals surface area (Å²) in [5, 5.41) is 0.627. The summed E-state index contributed by atoms with van der Waals surface area (Å²) in [5.74, 6) is -0.189. The van der Waals surface area contributed by atoms with Gasteiger partial charge in [0.1, 0.15) is 6.04 Å². The number of hydrogen-bond donors (Lipinski definition) is 0. The minimum Gasteiger partial charge on any atom is -0.282 e. The third kappa shape index (κ3) is 2.94. The standard InChI is InChI=1S/C18H17ClN2O2/c1-12-3-9-16(10-4-12)21-13(2)17(22)20(18(21)23)11-14-5-7-15(19)8-6-14/h3-10,13H,11H2,1-2H3. The lowest BCUT2D eigenvalue weighted by Gasteiger charge is -2.19. The van der Waals surface area contributed by atoms with Gasteiger partial charge in [-0.05, 0) is 43.7 Å². The van der Waals surface area contributed by atoms with Gasteiger partial charge >= 0.3 is 6.03 Å². The van der Waals surface area contributed by atoms with E-state index in [2.05, 4.69) is 0 Å². The van der Waals surface area contributed by atoms with Gasteiger partial charge in [0.2, 0.25) is 0 Å². The molecule has 23 heavy (non-hydrogen) atoms. The Hall–Kier alpha value is -2.33. The number of nitrogens with zero attached hydrogens (tertiary/aromatic N) is 2. The molecule has 1 atom stereocenters. The Bertz CT molecular complexity index is 741. The molecule has 3 rings (SSSR count). The van der Waals surface area contributed by atoms with Crippen LogP contribution in [0.25, 0.3) is 0 Å². The second-order valence-corrected chi connectivity index (χ2v) is 6.15. The van der Waals surface area contributed by atoms with Crippen molar-refractivity contribution >= 4 is 29.2 Å². The SMILES string of the molecule is Cc1ccc(N2C(=O)N(Cc3ccc(Cl)cc3)C(=O)C2C)cc1. The Morgan fingerprint density at radius 1 is 1.00 bits per heavy atom. The molecule has 3 amide bonds. The molecule has 0 radical (unpaired) electrons. The van der Waals surface area contributed by atoms with E-state index in [4.69, 9.17) is 11.6 Å². The molecule has 0 aromatic heterocycles. The van der Waals surface area contributed by atoms with E-state index < -0.39 is 6.04 Å². The smallest absolute Gasteiger partial charge is 0.282 e. The van der Waals surface area contributed by atoms with E-state index in [0.29, 0.717) is 5.02 Å². The van der Waals surface area contributed by atoms with Crippen LogP contribution in [0.3, 0.4) is 0 Å². The van der Waals surface area contributed by atoms with Crippen LogP contribution in [0, 0.1) is 6.92 Å². The molecule has 5 heteroatoms. The van der Waals surface area contributed by atoms with Crippen molar-refractivity contribution in [2.24, 2.45) is 0 Å². The average Bonchev–Trinajstić information content (AvgIpc) is 2.74. The average molecular weight is 329 g/mol. The number of carbonyl (C=O) groups excluding carboxylic acids is 2. The van der Waals surface area contributed by atoms with Crippen molar-refractivity contribution in [3.63, 3.8) is 0 Å². The molecule has 2 aromatic carbocycles. The maximum absolute atomic E-state index is 12.7. The largest absolute Gasteiger partial charge is 0.332 e. The number of rotatable bonds is 3. The molecule has 0 N–H and O–H groups in total. The van der Waals surface area contributed by atoms with E-state index in [9.17, 15) is 9.59 Å². The maximum atomic E-state index is 12.7. The predicted octanol–water partition coefficient (Wildman–Crippen LogP) is 4.01. The van der Waals surface area contributed by atoms with Gasteiger partial charge in [0.15, 0.2) is 0 Å². The van der Waals surface area contributed by atoms with Crippen LogP contribution in [0.15, 0.2) is 48.5 Å². The lowest BCUT2D eigenvalue weighted by molar-refractivity contribution is -0.127. The maximum Gasteiger partial charge on any atom is 0.332 e. The van der Waals surface area contributed by atoms with Crippen LogP contribution >= 0.6 is 11.6 Å². The van der Waals surface area contributed by atoms with Gasteiger partial charge in [-0.1, -0.05) is 41.4 Å². The summed E-state index contributed by atoms with van der Waals surface area (Å²) in [6.07, 6.45) is 0. The Morgan fingerprint density at radius 3 is 2.22 bits per heavy atom. The molecule has 1 saturated heterocycles. The van der Waals surface area contributed by atoms with E-state index in [1.54, 1.807) is 19.1 Å². The molecule has 118 valence electrons. The number of anilines is 1. The van der Waals surface area contributed by atoms with Crippen molar-refractivity contribution in [2.75, 3.05) is 4.90 Å². The minimum atomic E-state index is -0.502. The fourth-order valence-electron chi connectivity index (χ4n) is 2.68. The number of aryl methyl sites for hydroxylation is 1. The molecule has 1 heterocycles. The highest BCUT2D eigenvalue weighted by Crippen LogP contribution is 2.27. The molecule has 0 saturated carbocycles. The third-order valence-electron chi connectivity index (χ3n) is 4.01. The molecule has 2 aromatic rings. The quantitative estimate of drug-likeness (QED) is 0.799. The number of carbonyl (C=O) groups is 2. The van der Waals surface area contributed by atoms with Crippen molar-refractivity contribution in [1.29, 1.82) is 0 Å². The number of halogens is 1. The summed E-state index contributed by atoms with van der Waals surface area (Å²) in [4.78, 5) is 28.0. The van der Waals surface area contributed by atoms with E-state index in [1.807, 2.05) is 43.3 Å². The highest BCUT2D eigenvalue weighted by molar-refractivity contribution is 6.30. The molecule has 1 fully saturated rings. The molecule has 0 spiro atoms. The van der Waals surface area contributed by atoms with Crippen LogP contribution in [0.5, 0.6) is 0 Å². The number of urea groups is 1. The van der Waals surface area contributed by atoms with Crippen molar-refractivity contribution < 1.29 is 9.59 Å². The van der Waals surface area contributed by atoms with Gasteiger partial charge in [-0.2, -0.15) is 0 Å². The molecule has 0 bridgehead atoms. The Balaban J connectivity index is 1.85. The van der Waals surface area contributed by atoms with E-state index in [1.165, 1.54) is 9.80 Å². The highest BCUT2D eigenvalue weighted by atomic mass is 35.5. The van der Waals surface area contributed by atoms with Gasteiger partial charge < -0.3 is 0 Å². The van der Waals surface area contributed by atoms with E-state index in [0.717, 1.165) is 16.8 Å². The van der Waals surface area contributed by atoms with Gasteiger partial charge in [-0.3, -0.25) is 14.6 Å². The second-order valence-electron chi connectivity index (χ2n) is 5.71. The van der Waals surface area contributed by atoms with Crippen molar-refractivity contribution in [1.82, 2.24) is 4.90 Å². The molecule has 1 aliphatic rings. The van der Waals surface area contributed by atoms with Crippen LogP contribution in [-0.4, -0.2) is 22.9 Å². The topological polar surface area (TPSA) is 40.6 Å². The first-order valence-electron chi connectivity index (χ1n) is 7.43. The van der Waals surface area contributed by atoms with Gasteiger partial charge in [-0.25, -0.2) is 4.79 Å². The van der Waals surface area contributed by atoms with Crippen LogP contribution < -0.4 is 4.90 Å². The van der Waals surface area contributed by atoms with Crippen LogP contribution in [-0.2, 0) is 11.3 Å². The summed E-state index contributed by atoms with van der Waals surface area (Å²) < 4.78 is 0. The van der Waals surface area contributed by atoms with Gasteiger partial charge in [0.25, 0.3) is 5.91 Å². The minimum absolute atomic E-state index is 0.189. The number of benzene rings is 2. The first kappa shape index (κ1) is 15.6. The zero-order valence-corrected chi connectivity index (χ0v) is 13.7. The van der Waals surface area contributed by atoms with Gasteiger partial charge in [0, 0.05) is 10.7 Å². The van der Waals surface area contributed by atoms with Crippen molar-refractivity contribution in [3.05, 3.63) is 64.7 Å². The summed E-state index contributed by atoms with van der Waals surface area (Å²) in [6.45, 7) is 3.99. The zero-order valence-electron chi connectivity index (χ0n) is 13.0. The molecule has 0 aliphatic carbocycles. The van der Waals surface area contributed by atoms with E-state index >= 15 is 0 Å². The summed E-state index contributed by atoms with van der Waals surface area (Å²) >= 11 is 5.87. The summed E-state index contributed by atoms with van der Waals surface area (Å²) in [7, 11) is 0. The summed E-state index contributed by atoms with van der Waals surface area (Å²) in [5.41, 5.74) is 2.71. The third-order valence-corrected chi connectivity index (χ3v) is 4.27. The molecule has 4 nitrogen and oxygen atoms in total. The fourth-order valence-corrected chi connectivity index (χ4v) is 2.81. The molecular formula is C18H17ClN2O2. The highest BCUT2D eigenvalue weighted by Gasteiger charge is 2.43. The lowest BCUT2D eigenvalue weighted by atomic mass is 10.2. The molecule has 1 unspecified atom stereocenters.